The lowest BCUT2D eigenvalue weighted by molar-refractivity contribution is -0.890. The van der Waals surface area contributed by atoms with Gasteiger partial charge in [-0.25, -0.2) is 4.57 Å². The smallest absolute Gasteiger partial charge is 0.168 e. The van der Waals surface area contributed by atoms with Gasteiger partial charge < -0.3 is 35.4 Å². The maximum atomic E-state index is 2.47. The maximum absolute atomic E-state index is 2.47. The predicted octanol–water partition coefficient (Wildman–Crippen LogP) is 14.6. The van der Waals surface area contributed by atoms with Gasteiger partial charge in [0.2, 0.25) is 0 Å². The Labute approximate surface area is 430 Å². The van der Waals surface area contributed by atoms with E-state index in [0.717, 1.165) is 0 Å². The van der Waals surface area contributed by atoms with E-state index in [9.17, 15) is 0 Å². The normalized spacial score (nSPS) is 10.9. The highest BCUT2D eigenvalue weighted by atomic mass is 35.5. The summed E-state index contributed by atoms with van der Waals surface area (Å²) in [5.41, 5.74) is 0. The summed E-state index contributed by atoms with van der Waals surface area (Å²) < 4.78 is 3.54. The highest BCUT2D eigenvalue weighted by Gasteiger charge is 2.13. The Hall–Kier alpha value is -0.0600. The average molecular weight is 980 g/mol. The number of hydrogen-bond donors (Lipinski definition) is 1. The summed E-state index contributed by atoms with van der Waals surface area (Å²) in [6, 6.07) is 6.31. The van der Waals surface area contributed by atoms with Gasteiger partial charge in [-0.15, -0.1) is 12.4 Å². The second-order valence-corrected chi connectivity index (χ2v) is 20.7. The monoisotopic (exact) mass is 978 g/mol. The zero-order valence-corrected chi connectivity index (χ0v) is 47.6. The molecule has 1 rings (SSSR count). The standard InChI is InChI=1S/C38H80N.C21H38N.3ClH.H3N/c1-5-7-9-11-13-15-17-19-21-23-25-27-29-31-33-35-37-39(3,4)38-36-34-32-30-28-26-24-22-20-18-16-14-12-10-8-6-2;1-2-3-4-5-6-7-8-9-10-11-12-13-14-16-19-22-20-17-15-18-21-22;;;;/h5-38H2,1-4H3;15,17-18,20-21H,2-14,16,19H2,1H3;3*1H;1H3/q2*+1;;;;/p-2. The molecular weight excluding hydrogens is 857 g/mol. The van der Waals surface area contributed by atoms with Crippen LogP contribution in [0.3, 0.4) is 0 Å². The van der Waals surface area contributed by atoms with Crippen LogP contribution in [0.4, 0.5) is 0 Å². The molecule has 0 spiro atoms. The van der Waals surface area contributed by atoms with Gasteiger partial charge in [0.25, 0.3) is 0 Å². The van der Waals surface area contributed by atoms with E-state index in [0.29, 0.717) is 0 Å². The molecule has 65 heavy (non-hydrogen) atoms. The van der Waals surface area contributed by atoms with Crippen molar-refractivity contribution >= 4 is 12.4 Å². The van der Waals surface area contributed by atoms with Crippen molar-refractivity contribution in [2.45, 2.75) is 323 Å². The third-order valence-corrected chi connectivity index (χ3v) is 13.8. The van der Waals surface area contributed by atoms with Gasteiger partial charge >= 0.3 is 0 Å². The van der Waals surface area contributed by atoms with Crippen LogP contribution in [0.25, 0.3) is 0 Å². The molecule has 3 N–H and O–H groups in total. The molecule has 394 valence electrons. The SMILES string of the molecule is CCCCCCCCCCCCCCCCCC[N+](C)(C)CCCCCCCCCCCCCCCCCC.CCCCCCCCCCCCCCCC[n+]1ccccc1.Cl.N.[Cl-].[Cl-]. The summed E-state index contributed by atoms with van der Waals surface area (Å²) in [6.45, 7) is 10.9. The Bertz CT molecular complexity index is 879. The first-order valence-corrected chi connectivity index (χ1v) is 28.8. The van der Waals surface area contributed by atoms with E-state index in [-0.39, 0.29) is 43.4 Å². The third kappa shape index (κ3) is 63.9. The summed E-state index contributed by atoms with van der Waals surface area (Å²) in [5.74, 6) is 0. The minimum atomic E-state index is 0. The number of pyridine rings is 1. The molecule has 6 heteroatoms. The Morgan fingerprint density at radius 1 is 0.277 bits per heavy atom. The van der Waals surface area contributed by atoms with E-state index < -0.39 is 0 Å². The first kappa shape index (κ1) is 73.9. The fourth-order valence-electron chi connectivity index (χ4n) is 9.36. The molecule has 0 aromatic carbocycles. The highest BCUT2D eigenvalue weighted by Crippen LogP contribution is 2.17. The number of unbranched alkanes of at least 4 members (excludes halogenated alkanes) is 43. The second-order valence-electron chi connectivity index (χ2n) is 20.7. The number of aryl methyl sites for hydroxylation is 1. The first-order valence-electron chi connectivity index (χ1n) is 28.8. The molecule has 0 saturated carbocycles. The number of quaternary nitrogens is 1. The molecule has 0 aliphatic heterocycles. The van der Waals surface area contributed by atoms with Gasteiger partial charge in [-0.2, -0.15) is 0 Å². The molecule has 0 aliphatic carbocycles. The van der Waals surface area contributed by atoms with Gasteiger partial charge in [-0.3, -0.25) is 0 Å². The lowest BCUT2D eigenvalue weighted by atomic mass is 10.0. The summed E-state index contributed by atoms with van der Waals surface area (Å²) in [7, 11) is 4.94. The predicted molar refractivity (Wildman–Crippen MR) is 290 cm³/mol. The zero-order chi connectivity index (χ0) is 44.3. The molecule has 1 aromatic heterocycles. The molecule has 0 bridgehead atoms. The van der Waals surface area contributed by atoms with Crippen molar-refractivity contribution in [3.8, 4) is 0 Å². The van der Waals surface area contributed by atoms with Gasteiger partial charge in [-0.05, 0) is 32.1 Å². The van der Waals surface area contributed by atoms with Crippen LogP contribution in [0, 0.1) is 0 Å². The van der Waals surface area contributed by atoms with Gasteiger partial charge in [-0.1, -0.05) is 284 Å². The number of rotatable bonds is 49. The summed E-state index contributed by atoms with van der Waals surface area (Å²) in [4.78, 5) is 0. The lowest BCUT2D eigenvalue weighted by Crippen LogP contribution is -3.00. The van der Waals surface area contributed by atoms with E-state index in [2.05, 4.69) is 70.0 Å². The van der Waals surface area contributed by atoms with Gasteiger partial charge in [0.05, 0.1) is 27.2 Å². The van der Waals surface area contributed by atoms with Crippen molar-refractivity contribution in [3.05, 3.63) is 30.6 Å². The Morgan fingerprint density at radius 3 is 0.677 bits per heavy atom. The Morgan fingerprint density at radius 2 is 0.462 bits per heavy atom. The molecule has 1 aromatic rings. The maximum Gasteiger partial charge on any atom is 0.168 e. The van der Waals surface area contributed by atoms with Crippen LogP contribution in [0.2, 0.25) is 0 Å². The van der Waals surface area contributed by atoms with Gasteiger partial charge in [0.15, 0.2) is 12.4 Å². The number of hydrogen-bond acceptors (Lipinski definition) is 1. The Balaban J connectivity index is -0.000000395. The minimum Gasteiger partial charge on any atom is -1.00 e. The molecule has 0 amide bonds. The van der Waals surface area contributed by atoms with Crippen molar-refractivity contribution in [1.29, 1.82) is 0 Å². The molecule has 0 aliphatic rings. The van der Waals surface area contributed by atoms with E-state index in [1.807, 2.05) is 0 Å². The fourth-order valence-corrected chi connectivity index (χ4v) is 9.36. The average Bonchev–Trinajstić information content (AvgIpc) is 3.26. The minimum absolute atomic E-state index is 0. The lowest BCUT2D eigenvalue weighted by Gasteiger charge is -2.30. The molecular formula is C59H122Cl3N3. The molecule has 0 saturated heterocycles. The number of halogens is 3. The topological polar surface area (TPSA) is 38.9 Å². The van der Waals surface area contributed by atoms with E-state index in [4.69, 9.17) is 0 Å². The highest BCUT2D eigenvalue weighted by molar-refractivity contribution is 5.85. The van der Waals surface area contributed by atoms with Crippen molar-refractivity contribution < 1.29 is 33.9 Å². The van der Waals surface area contributed by atoms with Crippen LogP contribution in [0.15, 0.2) is 30.6 Å². The van der Waals surface area contributed by atoms with Crippen molar-refractivity contribution in [2.75, 3.05) is 27.2 Å². The van der Waals surface area contributed by atoms with Crippen molar-refractivity contribution in [2.24, 2.45) is 0 Å². The number of nitrogens with zero attached hydrogens (tertiary/aromatic N) is 2. The fraction of sp³-hybridized carbons (Fsp3) is 0.915. The quantitative estimate of drug-likeness (QED) is 0.0394. The third-order valence-electron chi connectivity index (χ3n) is 13.8. The van der Waals surface area contributed by atoms with Crippen LogP contribution >= 0.6 is 12.4 Å². The molecule has 0 fully saturated rings. The summed E-state index contributed by atoms with van der Waals surface area (Å²) >= 11 is 0. The Kier molecular flexibility index (Phi) is 72.7. The van der Waals surface area contributed by atoms with Crippen LogP contribution in [0.5, 0.6) is 0 Å². The van der Waals surface area contributed by atoms with Crippen LogP contribution < -0.4 is 35.5 Å². The van der Waals surface area contributed by atoms with Crippen molar-refractivity contribution in [3.63, 3.8) is 0 Å². The van der Waals surface area contributed by atoms with Gasteiger partial charge in [0.1, 0.15) is 6.54 Å². The van der Waals surface area contributed by atoms with E-state index in [1.165, 1.54) is 319 Å². The van der Waals surface area contributed by atoms with Crippen LogP contribution in [0.1, 0.15) is 316 Å². The van der Waals surface area contributed by atoms with E-state index in [1.54, 1.807) is 0 Å². The largest absolute Gasteiger partial charge is 1.00 e. The molecule has 3 nitrogen and oxygen atoms in total. The zero-order valence-electron chi connectivity index (χ0n) is 45.3. The molecule has 0 radical (unpaired) electrons. The van der Waals surface area contributed by atoms with Crippen LogP contribution in [-0.2, 0) is 6.54 Å². The van der Waals surface area contributed by atoms with Crippen LogP contribution in [-0.4, -0.2) is 31.7 Å². The summed E-state index contributed by atoms with van der Waals surface area (Å²) in [6.07, 6.45) is 71.3. The molecule has 0 atom stereocenters. The van der Waals surface area contributed by atoms with E-state index >= 15 is 0 Å². The first-order chi connectivity index (χ1) is 30.1. The second kappa shape index (κ2) is 63.9. The van der Waals surface area contributed by atoms with Gasteiger partial charge in [0, 0.05) is 18.6 Å². The molecule has 0 unspecified atom stereocenters. The molecule has 1 heterocycles. The number of aromatic nitrogens is 1. The summed E-state index contributed by atoms with van der Waals surface area (Å²) in [5, 5.41) is 0. The van der Waals surface area contributed by atoms with Crippen molar-refractivity contribution in [1.82, 2.24) is 6.15 Å².